The van der Waals surface area contributed by atoms with E-state index in [0.29, 0.717) is 5.39 Å². The number of hydrogen-bond acceptors (Lipinski definition) is 7. The lowest BCUT2D eigenvalue weighted by Gasteiger charge is -2.16. The summed E-state index contributed by atoms with van der Waals surface area (Å²) in [4.78, 5) is 33.2. The van der Waals surface area contributed by atoms with E-state index in [1.165, 1.54) is 25.6 Å². The maximum absolute atomic E-state index is 13.7. The van der Waals surface area contributed by atoms with Crippen LogP contribution in [0.3, 0.4) is 0 Å². The quantitative estimate of drug-likeness (QED) is 0.470. The van der Waals surface area contributed by atoms with Crippen molar-refractivity contribution < 1.29 is 27.2 Å². The number of fused-ring (bicyclic) bond motifs is 1. The van der Waals surface area contributed by atoms with Crippen LogP contribution in [0.15, 0.2) is 24.7 Å². The number of pyridine rings is 2. The first kappa shape index (κ1) is 18.7. The van der Waals surface area contributed by atoms with Gasteiger partial charge in [0.1, 0.15) is 17.9 Å². The summed E-state index contributed by atoms with van der Waals surface area (Å²) in [5.41, 5.74) is 0.129. The van der Waals surface area contributed by atoms with Gasteiger partial charge in [0.05, 0.1) is 24.6 Å². The van der Waals surface area contributed by atoms with Crippen molar-refractivity contribution in [3.05, 3.63) is 30.2 Å². The molecule has 0 atom stereocenters. The Kier molecular flexibility index (Phi) is 4.88. The molecule has 0 aliphatic heterocycles. The van der Waals surface area contributed by atoms with Crippen molar-refractivity contribution in [2.75, 3.05) is 24.7 Å². The number of nitrogens with zero attached hydrogens (tertiary/aromatic N) is 4. The van der Waals surface area contributed by atoms with Gasteiger partial charge >= 0.3 is 0 Å². The minimum absolute atomic E-state index is 0.0415. The standard InChI is InChI=1S/C21H23F2N7O3/c1-21(22,23)10-30-16-12(8-27-30)7-26-18(17(16)33-3)28-14-6-15(29-19(31)11-4-5-11)25-9-13(14)20(32)24-2/h6-9,11H,4-5,10H2,1-3H3,(H,24,32)(H2,25,26,28,29,31)/i2D3. The maximum Gasteiger partial charge on any atom is 0.264 e. The van der Waals surface area contributed by atoms with Crippen LogP contribution >= 0.6 is 0 Å². The third-order valence-corrected chi connectivity index (χ3v) is 4.98. The molecule has 12 heteroatoms. The van der Waals surface area contributed by atoms with Crippen molar-refractivity contribution >= 4 is 40.0 Å². The Hall–Kier alpha value is -3.83. The van der Waals surface area contributed by atoms with Gasteiger partial charge in [-0.1, -0.05) is 0 Å². The molecule has 1 saturated carbocycles. The molecule has 3 aromatic heterocycles. The van der Waals surface area contributed by atoms with E-state index in [0.717, 1.165) is 30.6 Å². The van der Waals surface area contributed by atoms with Crippen molar-refractivity contribution in [2.45, 2.75) is 32.2 Å². The SMILES string of the molecule is [2H]C([2H])([2H])NC(=O)c1cnc(NC(=O)C2CC2)cc1Nc1ncc2cnn(CC(C)(F)F)c2c1OC. The summed E-state index contributed by atoms with van der Waals surface area (Å²) in [5.74, 6) is -4.12. The topological polar surface area (TPSA) is 123 Å². The van der Waals surface area contributed by atoms with Crippen LogP contribution in [0, 0.1) is 5.92 Å². The second-order valence-electron chi connectivity index (χ2n) is 7.77. The second-order valence-corrected chi connectivity index (χ2v) is 7.77. The molecule has 0 saturated heterocycles. The molecule has 2 amide bonds. The zero-order valence-corrected chi connectivity index (χ0v) is 17.8. The molecule has 10 nitrogen and oxygen atoms in total. The zero-order chi connectivity index (χ0) is 26.3. The number of aromatic nitrogens is 4. The van der Waals surface area contributed by atoms with Crippen molar-refractivity contribution in [3.8, 4) is 5.75 Å². The smallest absolute Gasteiger partial charge is 0.264 e. The van der Waals surface area contributed by atoms with Gasteiger partial charge in [-0.2, -0.15) is 5.10 Å². The van der Waals surface area contributed by atoms with Crippen molar-refractivity contribution in [1.82, 2.24) is 25.1 Å². The number of methoxy groups -OCH3 is 1. The summed E-state index contributed by atoms with van der Waals surface area (Å²) in [5, 5.41) is 11.9. The van der Waals surface area contributed by atoms with Crippen LogP contribution in [0.1, 0.15) is 34.2 Å². The van der Waals surface area contributed by atoms with Gasteiger partial charge in [-0.05, 0) is 12.8 Å². The molecule has 4 rings (SSSR count). The number of carbonyl (C=O) groups excluding carboxylic acids is 2. The minimum Gasteiger partial charge on any atom is -0.491 e. The Morgan fingerprint density at radius 3 is 2.76 bits per heavy atom. The van der Waals surface area contributed by atoms with Gasteiger partial charge in [0.2, 0.25) is 5.91 Å². The van der Waals surface area contributed by atoms with Crippen LogP contribution in [0.2, 0.25) is 0 Å². The number of amides is 2. The van der Waals surface area contributed by atoms with Crippen LogP contribution in [-0.4, -0.2) is 51.6 Å². The molecule has 3 aromatic rings. The van der Waals surface area contributed by atoms with Gasteiger partial charge in [0.25, 0.3) is 11.8 Å². The summed E-state index contributed by atoms with van der Waals surface area (Å²) >= 11 is 0. The summed E-state index contributed by atoms with van der Waals surface area (Å²) in [7, 11) is 1.32. The molecule has 174 valence electrons. The lowest BCUT2D eigenvalue weighted by molar-refractivity contribution is -0.117. The molecule has 3 heterocycles. The minimum atomic E-state index is -3.05. The van der Waals surface area contributed by atoms with Gasteiger partial charge in [0.15, 0.2) is 11.6 Å². The Labute approximate surface area is 191 Å². The van der Waals surface area contributed by atoms with Crippen LogP contribution in [0.4, 0.5) is 26.1 Å². The Morgan fingerprint density at radius 2 is 2.09 bits per heavy atom. The zero-order valence-electron chi connectivity index (χ0n) is 20.8. The number of alkyl halides is 2. The third kappa shape index (κ3) is 4.83. The highest BCUT2D eigenvalue weighted by Gasteiger charge is 2.30. The first-order valence-electron chi connectivity index (χ1n) is 11.5. The van der Waals surface area contributed by atoms with Crippen molar-refractivity contribution in [3.63, 3.8) is 0 Å². The van der Waals surface area contributed by atoms with Gasteiger partial charge in [-0.15, -0.1) is 0 Å². The monoisotopic (exact) mass is 462 g/mol. The average molecular weight is 462 g/mol. The number of rotatable bonds is 8. The van der Waals surface area contributed by atoms with Crippen LogP contribution in [0.5, 0.6) is 5.75 Å². The number of ether oxygens (including phenoxy) is 1. The van der Waals surface area contributed by atoms with Gasteiger partial charge < -0.3 is 20.7 Å². The summed E-state index contributed by atoms with van der Waals surface area (Å²) in [6.07, 6.45) is 5.40. The lowest BCUT2D eigenvalue weighted by Crippen LogP contribution is -2.21. The van der Waals surface area contributed by atoms with E-state index in [2.05, 4.69) is 25.7 Å². The molecule has 1 aliphatic carbocycles. The van der Waals surface area contributed by atoms with Gasteiger partial charge in [-0.25, -0.2) is 18.7 Å². The molecule has 0 radical (unpaired) electrons. The fourth-order valence-electron chi connectivity index (χ4n) is 3.29. The highest BCUT2D eigenvalue weighted by atomic mass is 19.3. The van der Waals surface area contributed by atoms with Crippen molar-refractivity contribution in [1.29, 1.82) is 0 Å². The molecular weight excluding hydrogens is 436 g/mol. The second kappa shape index (κ2) is 8.60. The summed E-state index contributed by atoms with van der Waals surface area (Å²) in [6.45, 7) is -2.72. The summed E-state index contributed by atoms with van der Waals surface area (Å²) in [6, 6.07) is 1.34. The van der Waals surface area contributed by atoms with E-state index in [-0.39, 0.29) is 46.0 Å². The number of anilines is 3. The highest BCUT2D eigenvalue weighted by Crippen LogP contribution is 2.36. The number of hydrogen-bond donors (Lipinski definition) is 3. The molecule has 0 aromatic carbocycles. The van der Waals surface area contributed by atoms with Crippen LogP contribution in [0.25, 0.3) is 10.9 Å². The Bertz CT molecular complexity index is 1320. The highest BCUT2D eigenvalue weighted by molar-refractivity contribution is 6.02. The molecule has 0 spiro atoms. The van der Waals surface area contributed by atoms with E-state index in [1.54, 1.807) is 0 Å². The van der Waals surface area contributed by atoms with E-state index < -0.39 is 25.4 Å². The molecule has 1 fully saturated rings. The normalized spacial score (nSPS) is 15.3. The van der Waals surface area contributed by atoms with E-state index in [4.69, 9.17) is 8.85 Å². The van der Waals surface area contributed by atoms with E-state index >= 15 is 0 Å². The molecule has 1 aliphatic rings. The van der Waals surface area contributed by atoms with E-state index in [9.17, 15) is 18.4 Å². The molecular formula is C21H23F2N7O3. The maximum atomic E-state index is 13.7. The first-order chi connectivity index (χ1) is 16.8. The van der Waals surface area contributed by atoms with Crippen LogP contribution < -0.4 is 20.7 Å². The number of carbonyl (C=O) groups is 2. The largest absolute Gasteiger partial charge is 0.491 e. The lowest BCUT2D eigenvalue weighted by atomic mass is 10.2. The molecule has 0 bridgehead atoms. The third-order valence-electron chi connectivity index (χ3n) is 4.98. The molecule has 3 N–H and O–H groups in total. The van der Waals surface area contributed by atoms with E-state index in [1.807, 2.05) is 5.32 Å². The average Bonchev–Trinajstić information content (AvgIpc) is 3.54. The fraction of sp³-hybridized carbons (Fsp3) is 0.381. The Balaban J connectivity index is 1.75. The summed E-state index contributed by atoms with van der Waals surface area (Å²) < 4.78 is 55.9. The predicted octanol–water partition coefficient (Wildman–Crippen LogP) is 2.94. The molecule has 33 heavy (non-hydrogen) atoms. The van der Waals surface area contributed by atoms with Crippen molar-refractivity contribution in [2.24, 2.45) is 5.92 Å². The molecule has 0 unspecified atom stereocenters. The predicted molar refractivity (Wildman–Crippen MR) is 117 cm³/mol. The first-order valence-corrected chi connectivity index (χ1v) is 10.0. The number of halogens is 2. The van der Waals surface area contributed by atoms with Gasteiger partial charge in [0, 0.05) is 47.8 Å². The fourth-order valence-corrected chi connectivity index (χ4v) is 3.29. The Morgan fingerprint density at radius 1 is 1.30 bits per heavy atom. The number of nitrogens with one attached hydrogen (secondary N) is 3. The van der Waals surface area contributed by atoms with Crippen LogP contribution in [-0.2, 0) is 11.3 Å². The van der Waals surface area contributed by atoms with Gasteiger partial charge in [-0.3, -0.25) is 14.3 Å².